The Bertz CT molecular complexity index is 525. The van der Waals surface area contributed by atoms with Crippen LogP contribution in [0.3, 0.4) is 0 Å². The molecular weight excluding hydrogens is 421 g/mol. The predicted octanol–water partition coefficient (Wildman–Crippen LogP) is 5.30. The highest BCUT2D eigenvalue weighted by Crippen LogP contribution is 2.34. The van der Waals surface area contributed by atoms with E-state index in [2.05, 4.69) is 37.8 Å². The Morgan fingerprint density at radius 2 is 1.88 bits per heavy atom. The molecule has 0 unspecified atom stereocenters. The minimum atomic E-state index is -4.68. The molecule has 1 aromatic rings. The lowest BCUT2D eigenvalue weighted by Gasteiger charge is -2.35. The highest BCUT2D eigenvalue weighted by molar-refractivity contribution is 9.10. The maximum Gasteiger partial charge on any atom is 0.573 e. The first-order valence-electron chi connectivity index (χ1n) is 8.40. The summed E-state index contributed by atoms with van der Waals surface area (Å²) in [6.45, 7) is 5.76. The fourth-order valence-corrected chi connectivity index (χ4v) is 3.60. The summed E-state index contributed by atoms with van der Waals surface area (Å²) in [6.07, 6.45) is -0.425. The van der Waals surface area contributed by atoms with Crippen LogP contribution in [0.4, 0.5) is 13.2 Å². The fourth-order valence-electron chi connectivity index (χ4n) is 3.11. The van der Waals surface area contributed by atoms with Gasteiger partial charge in [0.2, 0.25) is 0 Å². The number of ether oxygens (including phenoxy) is 1. The van der Waals surface area contributed by atoms with Crippen molar-refractivity contribution in [2.75, 3.05) is 26.2 Å². The van der Waals surface area contributed by atoms with E-state index in [1.54, 1.807) is 0 Å². The van der Waals surface area contributed by atoms with Gasteiger partial charge in [-0.3, -0.25) is 4.90 Å². The quantitative estimate of drug-likeness (QED) is 0.577. The van der Waals surface area contributed by atoms with E-state index in [-0.39, 0.29) is 24.2 Å². The first kappa shape index (κ1) is 22.5. The van der Waals surface area contributed by atoms with E-state index in [9.17, 15) is 13.2 Å². The van der Waals surface area contributed by atoms with Gasteiger partial charge in [-0.2, -0.15) is 0 Å². The summed E-state index contributed by atoms with van der Waals surface area (Å²) in [6, 6.07) is 4.91. The van der Waals surface area contributed by atoms with Crippen molar-refractivity contribution in [2.24, 2.45) is 0 Å². The van der Waals surface area contributed by atoms with Crippen LogP contribution >= 0.6 is 28.3 Å². The monoisotopic (exact) mass is 444 g/mol. The molecule has 0 aromatic heterocycles. The van der Waals surface area contributed by atoms with Gasteiger partial charge in [0.1, 0.15) is 5.75 Å². The maximum atomic E-state index is 12.6. The molecule has 1 saturated heterocycles. The summed E-state index contributed by atoms with van der Waals surface area (Å²) >= 11 is 3.32. The summed E-state index contributed by atoms with van der Waals surface area (Å²) in [5.41, 5.74) is 0.877. The second-order valence-corrected chi connectivity index (χ2v) is 6.98. The predicted molar refractivity (Wildman–Crippen MR) is 99.4 cm³/mol. The van der Waals surface area contributed by atoms with Crippen molar-refractivity contribution in [1.29, 1.82) is 0 Å². The van der Waals surface area contributed by atoms with E-state index < -0.39 is 6.36 Å². The van der Waals surface area contributed by atoms with Gasteiger partial charge in [-0.25, -0.2) is 0 Å². The van der Waals surface area contributed by atoms with Gasteiger partial charge in [0.25, 0.3) is 0 Å². The molecule has 2 rings (SSSR count). The molecule has 1 atom stereocenters. The molecule has 0 bridgehead atoms. The van der Waals surface area contributed by atoms with Crippen LogP contribution in [0.15, 0.2) is 22.7 Å². The molecule has 1 aliphatic heterocycles. The molecule has 1 N–H and O–H groups in total. The summed E-state index contributed by atoms with van der Waals surface area (Å²) in [5, 5.41) is 3.32. The zero-order valence-corrected chi connectivity index (χ0v) is 16.6. The largest absolute Gasteiger partial charge is 0.573 e. The van der Waals surface area contributed by atoms with Gasteiger partial charge < -0.3 is 10.1 Å². The van der Waals surface area contributed by atoms with Gasteiger partial charge in [-0.1, -0.05) is 42.1 Å². The van der Waals surface area contributed by atoms with Gasteiger partial charge >= 0.3 is 6.36 Å². The number of nitrogens with zero attached hydrogens (tertiary/aromatic N) is 1. The number of halogens is 5. The molecule has 25 heavy (non-hydrogen) atoms. The SMILES string of the molecule is CCCCC[C@@H](c1cc(Br)cc(OC(F)(F)F)c1)N1CCNCC1.Cl. The number of rotatable bonds is 7. The molecule has 8 heteroatoms. The number of piperazine rings is 1. The fraction of sp³-hybridized carbons (Fsp3) is 0.647. The zero-order chi connectivity index (χ0) is 17.6. The minimum absolute atomic E-state index is 0. The second-order valence-electron chi connectivity index (χ2n) is 6.07. The van der Waals surface area contributed by atoms with Gasteiger partial charge in [-0.05, 0) is 30.2 Å². The summed E-state index contributed by atoms with van der Waals surface area (Å²) < 4.78 is 42.4. The molecule has 0 saturated carbocycles. The second kappa shape index (κ2) is 10.6. The van der Waals surface area contributed by atoms with E-state index in [0.717, 1.165) is 57.4 Å². The molecule has 0 radical (unpaired) electrons. The van der Waals surface area contributed by atoms with E-state index in [0.29, 0.717) is 4.47 Å². The lowest BCUT2D eigenvalue weighted by Crippen LogP contribution is -2.45. The van der Waals surface area contributed by atoms with E-state index in [1.807, 2.05) is 6.07 Å². The van der Waals surface area contributed by atoms with Crippen molar-refractivity contribution in [3.8, 4) is 5.75 Å². The van der Waals surface area contributed by atoms with Crippen molar-refractivity contribution in [3.05, 3.63) is 28.2 Å². The Morgan fingerprint density at radius 1 is 1.20 bits per heavy atom. The highest BCUT2D eigenvalue weighted by Gasteiger charge is 2.32. The van der Waals surface area contributed by atoms with Crippen molar-refractivity contribution < 1.29 is 17.9 Å². The smallest absolute Gasteiger partial charge is 0.406 e. The van der Waals surface area contributed by atoms with Crippen LogP contribution in [0.25, 0.3) is 0 Å². The summed E-state index contributed by atoms with van der Waals surface area (Å²) in [5.74, 6) is -0.164. The van der Waals surface area contributed by atoms with Gasteiger partial charge in [-0.15, -0.1) is 25.6 Å². The normalized spacial score (nSPS) is 17.0. The van der Waals surface area contributed by atoms with Gasteiger partial charge in [0.05, 0.1) is 0 Å². The lowest BCUT2D eigenvalue weighted by molar-refractivity contribution is -0.274. The highest BCUT2D eigenvalue weighted by atomic mass is 79.9. The molecule has 1 fully saturated rings. The number of nitrogens with one attached hydrogen (secondary N) is 1. The molecule has 3 nitrogen and oxygen atoms in total. The average molecular weight is 446 g/mol. The van der Waals surface area contributed by atoms with Crippen LogP contribution in [-0.2, 0) is 0 Å². The van der Waals surface area contributed by atoms with E-state index in [1.165, 1.54) is 12.1 Å². The Morgan fingerprint density at radius 3 is 2.48 bits per heavy atom. The topological polar surface area (TPSA) is 24.5 Å². The van der Waals surface area contributed by atoms with E-state index >= 15 is 0 Å². The Hall–Kier alpha value is -0.500. The third-order valence-electron chi connectivity index (χ3n) is 4.19. The third kappa shape index (κ3) is 7.72. The maximum absolute atomic E-state index is 12.6. The summed E-state index contributed by atoms with van der Waals surface area (Å²) in [4.78, 5) is 2.35. The Labute approximate surface area is 161 Å². The molecule has 144 valence electrons. The number of unbranched alkanes of at least 4 members (excludes halogenated alkanes) is 2. The molecule has 1 aromatic carbocycles. The Balaban J connectivity index is 0.00000312. The lowest BCUT2D eigenvalue weighted by atomic mass is 9.98. The molecule has 0 aliphatic carbocycles. The third-order valence-corrected chi connectivity index (χ3v) is 4.64. The standard InChI is InChI=1S/C17H24BrF3N2O.ClH/c1-2-3-4-5-16(23-8-6-22-7-9-23)13-10-14(18)12-15(11-13)24-17(19,20)21;/h10-12,16,22H,2-9H2,1H3;1H/t16-;/m0./s1. The zero-order valence-electron chi connectivity index (χ0n) is 14.2. The van der Waals surface area contributed by atoms with Gasteiger partial charge in [0.15, 0.2) is 0 Å². The van der Waals surface area contributed by atoms with Crippen molar-refractivity contribution >= 4 is 28.3 Å². The van der Waals surface area contributed by atoms with E-state index in [4.69, 9.17) is 0 Å². The number of hydrogen-bond donors (Lipinski definition) is 1. The van der Waals surface area contributed by atoms with Gasteiger partial charge in [0, 0.05) is 36.7 Å². The average Bonchev–Trinajstić information content (AvgIpc) is 2.50. The first-order valence-corrected chi connectivity index (χ1v) is 9.19. The van der Waals surface area contributed by atoms with Crippen LogP contribution < -0.4 is 10.1 Å². The number of hydrogen-bond acceptors (Lipinski definition) is 3. The van der Waals surface area contributed by atoms with Crippen molar-refractivity contribution in [2.45, 2.75) is 45.0 Å². The first-order chi connectivity index (χ1) is 11.4. The molecule has 1 aliphatic rings. The van der Waals surface area contributed by atoms with Crippen LogP contribution in [0.1, 0.15) is 44.2 Å². The number of benzene rings is 1. The summed E-state index contributed by atoms with van der Waals surface area (Å²) in [7, 11) is 0. The van der Waals surface area contributed by atoms with Crippen molar-refractivity contribution in [1.82, 2.24) is 10.2 Å². The van der Waals surface area contributed by atoms with Crippen LogP contribution in [-0.4, -0.2) is 37.4 Å². The molecule has 1 heterocycles. The number of alkyl halides is 3. The van der Waals surface area contributed by atoms with Crippen LogP contribution in [0, 0.1) is 0 Å². The molecule has 0 spiro atoms. The van der Waals surface area contributed by atoms with Crippen LogP contribution in [0.2, 0.25) is 0 Å². The molecular formula is C17H25BrClF3N2O. The van der Waals surface area contributed by atoms with Crippen molar-refractivity contribution in [3.63, 3.8) is 0 Å². The minimum Gasteiger partial charge on any atom is -0.406 e. The Kier molecular flexibility index (Phi) is 9.56. The van der Waals surface area contributed by atoms with Crippen LogP contribution in [0.5, 0.6) is 5.75 Å². The molecule has 0 amide bonds.